The van der Waals surface area contributed by atoms with Gasteiger partial charge in [-0.1, -0.05) is 30.3 Å². The number of aromatic amines is 1. The number of halogens is 3. The van der Waals surface area contributed by atoms with E-state index in [-0.39, 0.29) is 33.4 Å². The van der Waals surface area contributed by atoms with Crippen molar-refractivity contribution in [2.45, 2.75) is 0 Å². The highest BCUT2D eigenvalue weighted by Gasteiger charge is 2.24. The SMILES string of the molecule is N#Cc1c(-c2[nH]nc3c(F)cc(F)cc23)nc(N)c(F)c1-c1ccccc1. The Labute approximate surface area is 150 Å². The molecule has 0 saturated heterocycles. The van der Waals surface area contributed by atoms with Crippen LogP contribution in [0.25, 0.3) is 33.4 Å². The van der Waals surface area contributed by atoms with Crippen LogP contribution in [0.4, 0.5) is 19.0 Å². The van der Waals surface area contributed by atoms with E-state index in [0.717, 1.165) is 6.07 Å². The standard InChI is InChI=1S/C19H10F3N5/c20-10-6-11-16(13(21)7-10)26-27-18(11)17-12(8-23)14(15(22)19(24)25-17)9-4-2-1-3-5-9/h1-7H,(H2,24,25)(H,26,27). The van der Waals surface area contributed by atoms with Gasteiger partial charge in [0.05, 0.1) is 11.3 Å². The second kappa shape index (κ2) is 6.14. The Morgan fingerprint density at radius 2 is 1.81 bits per heavy atom. The number of hydrogen-bond acceptors (Lipinski definition) is 4. The molecule has 4 rings (SSSR count). The first kappa shape index (κ1) is 16.6. The molecule has 0 saturated carbocycles. The molecule has 2 aromatic heterocycles. The third kappa shape index (κ3) is 2.57. The average Bonchev–Trinajstić information content (AvgIpc) is 3.08. The molecular weight excluding hydrogens is 355 g/mol. The first-order valence-electron chi connectivity index (χ1n) is 7.79. The Morgan fingerprint density at radius 3 is 2.52 bits per heavy atom. The fraction of sp³-hybridized carbons (Fsp3) is 0. The summed E-state index contributed by atoms with van der Waals surface area (Å²) in [6.45, 7) is 0. The average molecular weight is 365 g/mol. The molecule has 0 spiro atoms. The van der Waals surface area contributed by atoms with E-state index in [2.05, 4.69) is 15.2 Å². The Hall–Kier alpha value is -3.86. The molecule has 5 nitrogen and oxygen atoms in total. The van der Waals surface area contributed by atoms with Gasteiger partial charge < -0.3 is 5.73 Å². The van der Waals surface area contributed by atoms with E-state index in [1.54, 1.807) is 30.3 Å². The van der Waals surface area contributed by atoms with Crippen LogP contribution >= 0.6 is 0 Å². The van der Waals surface area contributed by atoms with Gasteiger partial charge in [0.1, 0.15) is 23.1 Å². The van der Waals surface area contributed by atoms with Gasteiger partial charge in [-0.3, -0.25) is 5.10 Å². The molecule has 0 atom stereocenters. The zero-order valence-corrected chi connectivity index (χ0v) is 13.6. The van der Waals surface area contributed by atoms with Crippen molar-refractivity contribution in [2.24, 2.45) is 0 Å². The smallest absolute Gasteiger partial charge is 0.174 e. The van der Waals surface area contributed by atoms with E-state index < -0.39 is 23.3 Å². The minimum absolute atomic E-state index is 0.0391. The molecule has 4 aromatic rings. The second-order valence-electron chi connectivity index (χ2n) is 5.77. The van der Waals surface area contributed by atoms with Crippen LogP contribution in [0, 0.1) is 28.8 Å². The topological polar surface area (TPSA) is 91.4 Å². The van der Waals surface area contributed by atoms with Crippen LogP contribution in [0.3, 0.4) is 0 Å². The van der Waals surface area contributed by atoms with Crippen molar-refractivity contribution >= 4 is 16.7 Å². The van der Waals surface area contributed by atoms with Crippen molar-refractivity contribution in [1.29, 1.82) is 5.26 Å². The first-order chi connectivity index (χ1) is 13.0. The van der Waals surface area contributed by atoms with Crippen molar-refractivity contribution in [3.05, 3.63) is 65.5 Å². The van der Waals surface area contributed by atoms with Crippen LogP contribution in [0.5, 0.6) is 0 Å². The van der Waals surface area contributed by atoms with E-state index in [9.17, 15) is 18.4 Å². The molecule has 2 heterocycles. The minimum Gasteiger partial charge on any atom is -0.381 e. The van der Waals surface area contributed by atoms with Gasteiger partial charge in [-0.05, 0) is 11.6 Å². The Bertz CT molecular complexity index is 1230. The number of pyridine rings is 1. The highest BCUT2D eigenvalue weighted by atomic mass is 19.1. The normalized spacial score (nSPS) is 10.9. The molecule has 3 N–H and O–H groups in total. The maximum Gasteiger partial charge on any atom is 0.174 e. The van der Waals surface area contributed by atoms with Crippen LogP contribution in [0.15, 0.2) is 42.5 Å². The molecule has 27 heavy (non-hydrogen) atoms. The highest BCUT2D eigenvalue weighted by Crippen LogP contribution is 2.37. The number of nitriles is 1. The van der Waals surface area contributed by atoms with E-state index in [0.29, 0.717) is 11.6 Å². The van der Waals surface area contributed by atoms with Crippen molar-refractivity contribution in [2.75, 3.05) is 5.73 Å². The predicted octanol–water partition coefficient (Wildman–Crippen LogP) is 4.16. The number of H-pyrrole nitrogens is 1. The molecule has 0 radical (unpaired) electrons. The van der Waals surface area contributed by atoms with E-state index in [1.807, 2.05) is 6.07 Å². The number of fused-ring (bicyclic) bond motifs is 1. The Morgan fingerprint density at radius 1 is 1.07 bits per heavy atom. The number of nitrogen functional groups attached to an aromatic ring is 1. The van der Waals surface area contributed by atoms with Crippen LogP contribution in [-0.4, -0.2) is 15.2 Å². The van der Waals surface area contributed by atoms with Crippen molar-refractivity contribution in [3.8, 4) is 28.6 Å². The fourth-order valence-electron chi connectivity index (χ4n) is 2.97. The highest BCUT2D eigenvalue weighted by molar-refractivity contribution is 5.95. The monoisotopic (exact) mass is 365 g/mol. The number of aromatic nitrogens is 3. The molecule has 0 fully saturated rings. The molecule has 0 bridgehead atoms. The third-order valence-electron chi connectivity index (χ3n) is 4.15. The second-order valence-corrected chi connectivity index (χ2v) is 5.77. The number of nitrogens with two attached hydrogens (primary N) is 1. The Balaban J connectivity index is 2.09. The molecule has 0 aliphatic heterocycles. The summed E-state index contributed by atoms with van der Waals surface area (Å²) < 4.78 is 42.4. The summed E-state index contributed by atoms with van der Waals surface area (Å²) >= 11 is 0. The quantitative estimate of drug-likeness (QED) is 0.558. The maximum atomic E-state index is 14.7. The lowest BCUT2D eigenvalue weighted by Gasteiger charge is -2.12. The molecule has 0 unspecified atom stereocenters. The number of hydrogen-bond donors (Lipinski definition) is 2. The molecule has 0 aliphatic rings. The third-order valence-corrected chi connectivity index (χ3v) is 4.15. The van der Waals surface area contributed by atoms with Crippen molar-refractivity contribution in [1.82, 2.24) is 15.2 Å². The lowest BCUT2D eigenvalue weighted by molar-refractivity contribution is 0.590. The van der Waals surface area contributed by atoms with E-state index >= 15 is 0 Å². The molecule has 8 heteroatoms. The summed E-state index contributed by atoms with van der Waals surface area (Å²) in [6.07, 6.45) is 0. The minimum atomic E-state index is -0.871. The van der Waals surface area contributed by atoms with Gasteiger partial charge in [0.2, 0.25) is 0 Å². The van der Waals surface area contributed by atoms with Gasteiger partial charge in [0, 0.05) is 17.0 Å². The Kier molecular flexibility index (Phi) is 3.78. The summed E-state index contributed by atoms with van der Waals surface area (Å²) in [6, 6.07) is 12.0. The fourth-order valence-corrected chi connectivity index (χ4v) is 2.97. The largest absolute Gasteiger partial charge is 0.381 e. The van der Waals surface area contributed by atoms with Crippen molar-refractivity contribution < 1.29 is 13.2 Å². The summed E-state index contributed by atoms with van der Waals surface area (Å²) in [5.41, 5.74) is 5.88. The summed E-state index contributed by atoms with van der Waals surface area (Å²) in [7, 11) is 0. The summed E-state index contributed by atoms with van der Waals surface area (Å²) in [5, 5.41) is 16.1. The van der Waals surface area contributed by atoms with Crippen LogP contribution in [0.1, 0.15) is 5.56 Å². The van der Waals surface area contributed by atoms with Crippen LogP contribution < -0.4 is 5.73 Å². The summed E-state index contributed by atoms with van der Waals surface area (Å²) in [5.74, 6) is -2.98. The maximum absolute atomic E-state index is 14.7. The zero-order valence-electron chi connectivity index (χ0n) is 13.6. The number of nitrogens with zero attached hydrogens (tertiary/aromatic N) is 3. The summed E-state index contributed by atoms with van der Waals surface area (Å²) in [4.78, 5) is 3.95. The van der Waals surface area contributed by atoms with Gasteiger partial charge >= 0.3 is 0 Å². The lowest BCUT2D eigenvalue weighted by Crippen LogP contribution is -2.04. The number of nitrogens with one attached hydrogen (secondary N) is 1. The zero-order chi connectivity index (χ0) is 19.1. The first-order valence-corrected chi connectivity index (χ1v) is 7.79. The number of rotatable bonds is 2. The molecule has 132 valence electrons. The molecule has 0 amide bonds. The molecule has 2 aromatic carbocycles. The lowest BCUT2D eigenvalue weighted by atomic mass is 9.97. The van der Waals surface area contributed by atoms with E-state index in [1.165, 1.54) is 0 Å². The molecule has 0 aliphatic carbocycles. The van der Waals surface area contributed by atoms with Crippen molar-refractivity contribution in [3.63, 3.8) is 0 Å². The van der Waals surface area contributed by atoms with E-state index in [4.69, 9.17) is 5.73 Å². The van der Waals surface area contributed by atoms with Gasteiger partial charge in [-0.15, -0.1) is 0 Å². The van der Waals surface area contributed by atoms with Gasteiger partial charge in [0.15, 0.2) is 17.5 Å². The van der Waals surface area contributed by atoms with Gasteiger partial charge in [0.25, 0.3) is 0 Å². The van der Waals surface area contributed by atoms with Gasteiger partial charge in [-0.25, -0.2) is 18.2 Å². The molecular formula is C19H10F3N5. The number of benzene rings is 2. The van der Waals surface area contributed by atoms with Crippen LogP contribution in [0.2, 0.25) is 0 Å². The van der Waals surface area contributed by atoms with Gasteiger partial charge in [-0.2, -0.15) is 10.4 Å². The predicted molar refractivity (Wildman–Crippen MR) is 93.8 cm³/mol. The number of anilines is 1. The van der Waals surface area contributed by atoms with Crippen LogP contribution in [-0.2, 0) is 0 Å².